The van der Waals surface area contributed by atoms with Crippen LogP contribution in [-0.4, -0.2) is 60.7 Å². The van der Waals surface area contributed by atoms with Crippen LogP contribution >= 0.6 is 0 Å². The van der Waals surface area contributed by atoms with Gasteiger partial charge < -0.3 is 9.84 Å². The summed E-state index contributed by atoms with van der Waals surface area (Å²) in [5, 5.41) is 6.49. The number of carboxylic acids is 1. The van der Waals surface area contributed by atoms with Crippen molar-refractivity contribution in [1.29, 1.82) is 0 Å². The first-order valence-corrected chi connectivity index (χ1v) is 8.07. The number of esters is 1. The van der Waals surface area contributed by atoms with Crippen molar-refractivity contribution in [1.82, 2.24) is 0 Å². The van der Waals surface area contributed by atoms with Crippen LogP contribution in [0.5, 0.6) is 0 Å². The molecular weight excluding hydrogens is 295 g/mol. The van der Waals surface area contributed by atoms with Crippen LogP contribution in [0.15, 0.2) is 0 Å². The maximum absolute atomic E-state index is 11.6. The first-order chi connectivity index (χ1) is 9.22. The van der Waals surface area contributed by atoms with Crippen molar-refractivity contribution in [2.75, 3.05) is 6.61 Å². The summed E-state index contributed by atoms with van der Waals surface area (Å²) in [6.07, 6.45) is 2.56. The Kier molecular flexibility index (Phi) is 12.0. The molecule has 0 fully saturated rings. The van der Waals surface area contributed by atoms with Crippen LogP contribution in [0.4, 0.5) is 0 Å². The van der Waals surface area contributed by atoms with Gasteiger partial charge in [0.15, 0.2) is 5.25 Å². The molecule has 0 saturated carbocycles. The summed E-state index contributed by atoms with van der Waals surface area (Å²) in [4.78, 5) is 22.1. The average molecular weight is 318 g/mol. The van der Waals surface area contributed by atoms with Gasteiger partial charge in [-0.05, 0) is 12.3 Å². The molecule has 21 heavy (non-hydrogen) atoms. The van der Waals surface area contributed by atoms with E-state index in [9.17, 15) is 18.0 Å². The van der Waals surface area contributed by atoms with Gasteiger partial charge in [-0.25, -0.2) is 0 Å². The van der Waals surface area contributed by atoms with Crippen LogP contribution in [0.25, 0.3) is 0 Å². The van der Waals surface area contributed by atoms with Crippen LogP contribution in [0.3, 0.4) is 0 Å². The van der Waals surface area contributed by atoms with Gasteiger partial charge in [0.05, 0.1) is 13.0 Å². The van der Waals surface area contributed by atoms with Gasteiger partial charge in [0, 0.05) is 0 Å². The molecule has 0 radical (unpaired) electrons. The average Bonchev–Trinajstić information content (AvgIpc) is 2.34. The Hall–Kier alpha value is -0.553. The fraction of sp³-hybridized carbons (Fsp3) is 0.833. The van der Waals surface area contributed by atoms with Gasteiger partial charge >= 0.3 is 30.8 Å². The van der Waals surface area contributed by atoms with Gasteiger partial charge in [0.2, 0.25) is 0 Å². The van der Waals surface area contributed by atoms with Gasteiger partial charge in [0.1, 0.15) is 0 Å². The van der Waals surface area contributed by atoms with E-state index in [4.69, 9.17) is 14.4 Å². The number of carbonyl (C=O) groups is 2. The summed E-state index contributed by atoms with van der Waals surface area (Å²) in [6, 6.07) is 0. The van der Waals surface area contributed by atoms with E-state index in [-0.39, 0.29) is 31.4 Å². The summed E-state index contributed by atoms with van der Waals surface area (Å²) in [6.45, 7) is 3.98. The Morgan fingerprint density at radius 3 is 2.19 bits per heavy atom. The number of unbranched alkanes of at least 4 members (excludes halogenated alkanes) is 1. The molecule has 0 aliphatic heterocycles. The number of rotatable bonds is 10. The summed E-state index contributed by atoms with van der Waals surface area (Å²) in [7, 11) is -4.79. The third kappa shape index (κ3) is 9.91. The van der Waals surface area contributed by atoms with E-state index in [0.29, 0.717) is 0 Å². The maximum atomic E-state index is 11.6. The molecule has 0 amide bonds. The molecule has 0 saturated heterocycles. The summed E-state index contributed by atoms with van der Waals surface area (Å²) in [5.74, 6) is -2.61. The first-order valence-electron chi connectivity index (χ1n) is 6.57. The van der Waals surface area contributed by atoms with E-state index in [2.05, 4.69) is 0 Å². The molecule has 0 aliphatic rings. The van der Waals surface area contributed by atoms with E-state index in [1.165, 1.54) is 0 Å². The summed E-state index contributed by atoms with van der Waals surface area (Å²) < 4.78 is 35.7. The van der Waals surface area contributed by atoms with Crippen molar-refractivity contribution in [2.45, 2.75) is 51.2 Å². The van der Waals surface area contributed by atoms with E-state index in [1.54, 1.807) is 0 Å². The molecule has 0 aromatic heterocycles. The van der Waals surface area contributed by atoms with Crippen LogP contribution < -0.4 is 0 Å². The molecule has 0 aromatic carbocycles. The molecule has 7 nitrogen and oxygen atoms in total. The zero-order chi connectivity index (χ0) is 15.8. The molecule has 0 aliphatic carbocycles. The van der Waals surface area contributed by atoms with Gasteiger partial charge in [-0.3, -0.25) is 14.1 Å². The van der Waals surface area contributed by atoms with E-state index in [1.807, 2.05) is 13.8 Å². The molecule has 0 rings (SSSR count). The normalized spacial score (nSPS) is 13.9. The molecule has 2 unspecified atom stereocenters. The Labute approximate surface area is 137 Å². The molecule has 9 heteroatoms. The second-order valence-corrected chi connectivity index (χ2v) is 6.25. The van der Waals surface area contributed by atoms with E-state index in [0.717, 1.165) is 25.7 Å². The molecule has 120 valence electrons. The van der Waals surface area contributed by atoms with Gasteiger partial charge in [-0.1, -0.05) is 33.1 Å². The van der Waals surface area contributed by atoms with Crippen molar-refractivity contribution in [3.8, 4) is 0 Å². The number of carboxylic acid groups (broad SMARTS) is 1. The zero-order valence-electron chi connectivity index (χ0n) is 11.7. The second kappa shape index (κ2) is 11.1. The number of aliphatic carboxylic acids is 1. The Balaban J connectivity index is 0. The van der Waals surface area contributed by atoms with Gasteiger partial charge in [0.25, 0.3) is 10.1 Å². The minimum absolute atomic E-state index is 0. The second-order valence-electron chi connectivity index (χ2n) is 4.65. The van der Waals surface area contributed by atoms with Crippen LogP contribution in [0, 0.1) is 5.92 Å². The van der Waals surface area contributed by atoms with Gasteiger partial charge in [-0.2, -0.15) is 8.42 Å². The van der Waals surface area contributed by atoms with Crippen LogP contribution in [-0.2, 0) is 24.4 Å². The number of carbonyl (C=O) groups excluding carboxylic acids is 1. The molecule has 0 spiro atoms. The van der Waals surface area contributed by atoms with Crippen LogP contribution in [0.2, 0.25) is 0 Å². The standard InChI is InChI=1S/C12H22O7S.Li.H/c1-3-5-6-9(4-2)8-19-12(15)10(7-11(13)14)20(16,17)18;;/h9-10H,3-8H2,1-2H3,(H,13,14)(H,16,17,18);;. The first kappa shape index (κ1) is 22.7. The monoisotopic (exact) mass is 318 g/mol. The minimum atomic E-state index is -4.79. The quantitative estimate of drug-likeness (QED) is 0.348. The molecule has 2 N–H and O–H groups in total. The Morgan fingerprint density at radius 2 is 1.81 bits per heavy atom. The molecule has 0 bridgehead atoms. The van der Waals surface area contributed by atoms with Gasteiger partial charge in [-0.15, -0.1) is 0 Å². The fourth-order valence-corrected chi connectivity index (χ4v) is 2.32. The molecule has 0 heterocycles. The van der Waals surface area contributed by atoms with Crippen molar-refractivity contribution < 1.29 is 32.4 Å². The Bertz CT molecular complexity index is 421. The van der Waals surface area contributed by atoms with Crippen molar-refractivity contribution >= 4 is 40.9 Å². The van der Waals surface area contributed by atoms with Crippen LogP contribution in [0.1, 0.15) is 46.0 Å². The fourth-order valence-electron chi connectivity index (χ4n) is 1.66. The SMILES string of the molecule is CCCCC(CC)COC(=O)C(CC(=O)O)S(=O)(=O)O.[LiH]. The summed E-state index contributed by atoms with van der Waals surface area (Å²) in [5.41, 5.74) is 0. The predicted octanol–water partition coefficient (Wildman–Crippen LogP) is 0.829. The third-order valence-corrected chi connectivity index (χ3v) is 4.07. The molecular formula is C12H23LiO7S. The number of hydrogen-bond donors (Lipinski definition) is 2. The molecule has 2 atom stereocenters. The Morgan fingerprint density at radius 1 is 1.24 bits per heavy atom. The number of hydrogen-bond acceptors (Lipinski definition) is 5. The summed E-state index contributed by atoms with van der Waals surface area (Å²) >= 11 is 0. The predicted molar refractivity (Wildman–Crippen MR) is 79.0 cm³/mol. The molecule has 0 aromatic rings. The zero-order valence-corrected chi connectivity index (χ0v) is 12.6. The third-order valence-electron chi connectivity index (χ3n) is 2.99. The van der Waals surface area contributed by atoms with Crippen molar-refractivity contribution in [3.05, 3.63) is 0 Å². The van der Waals surface area contributed by atoms with E-state index >= 15 is 0 Å². The van der Waals surface area contributed by atoms with Crippen molar-refractivity contribution in [2.24, 2.45) is 5.92 Å². The topological polar surface area (TPSA) is 118 Å². The van der Waals surface area contributed by atoms with E-state index < -0.39 is 33.7 Å². The number of ether oxygens (including phenoxy) is 1. The van der Waals surface area contributed by atoms with Crippen molar-refractivity contribution in [3.63, 3.8) is 0 Å².